The van der Waals surface area contributed by atoms with Gasteiger partial charge in [0.2, 0.25) is 0 Å². The molecule has 0 amide bonds. The normalized spacial score (nSPS) is 11.4. The number of nitrogens with zero attached hydrogens (tertiary/aromatic N) is 5. The van der Waals surface area contributed by atoms with Crippen LogP contribution >= 0.6 is 11.8 Å². The number of nitrogens with one attached hydrogen (secondary N) is 1. The first-order valence-electron chi connectivity index (χ1n) is 6.06. The van der Waals surface area contributed by atoms with Crippen LogP contribution in [-0.2, 0) is 0 Å². The zero-order valence-corrected chi connectivity index (χ0v) is 11.4. The van der Waals surface area contributed by atoms with E-state index in [2.05, 4.69) is 25.3 Å². The van der Waals surface area contributed by atoms with Crippen molar-refractivity contribution in [2.75, 3.05) is 6.26 Å². The molecule has 1 aromatic carbocycles. The molecule has 0 aliphatic heterocycles. The van der Waals surface area contributed by atoms with Crippen LogP contribution in [0.1, 0.15) is 0 Å². The maximum atomic E-state index is 4.42. The molecular weight excluding hydrogens is 272 g/mol. The second kappa shape index (κ2) is 4.31. The van der Waals surface area contributed by atoms with Gasteiger partial charge in [-0.25, -0.2) is 14.6 Å². The fourth-order valence-electron chi connectivity index (χ4n) is 2.20. The molecule has 20 heavy (non-hydrogen) atoms. The predicted octanol–water partition coefficient (Wildman–Crippen LogP) is 2.41. The minimum atomic E-state index is 0.687. The number of H-pyrrole nitrogens is 1. The summed E-state index contributed by atoms with van der Waals surface area (Å²) in [7, 11) is 0. The lowest BCUT2D eigenvalue weighted by atomic mass is 10.3. The third-order valence-corrected chi connectivity index (χ3v) is 3.70. The zero-order valence-electron chi connectivity index (χ0n) is 10.6. The van der Waals surface area contributed by atoms with Crippen LogP contribution in [0.15, 0.2) is 41.7 Å². The van der Waals surface area contributed by atoms with Crippen molar-refractivity contribution in [2.45, 2.75) is 5.16 Å². The predicted molar refractivity (Wildman–Crippen MR) is 78.1 cm³/mol. The number of thioether (sulfide) groups is 1. The van der Waals surface area contributed by atoms with Gasteiger partial charge in [-0.2, -0.15) is 0 Å². The molecule has 6 nitrogen and oxygen atoms in total. The Bertz CT molecular complexity index is 909. The highest BCUT2D eigenvalue weighted by Gasteiger charge is 2.12. The molecule has 0 saturated heterocycles. The lowest BCUT2D eigenvalue weighted by molar-refractivity contribution is 0.826. The summed E-state index contributed by atoms with van der Waals surface area (Å²) in [6.07, 6.45) is 3.71. The molecule has 0 aliphatic rings. The van der Waals surface area contributed by atoms with Crippen LogP contribution in [0.4, 0.5) is 0 Å². The largest absolute Gasteiger partial charge is 0.330 e. The average Bonchev–Trinajstić information content (AvgIpc) is 3.10. The maximum Gasteiger partial charge on any atom is 0.180 e. The van der Waals surface area contributed by atoms with Crippen LogP contribution in [0.5, 0.6) is 0 Å². The van der Waals surface area contributed by atoms with Crippen molar-refractivity contribution in [3.63, 3.8) is 0 Å². The fraction of sp³-hybridized carbons (Fsp3) is 0.0769. The molecule has 0 aliphatic carbocycles. The molecule has 0 bridgehead atoms. The van der Waals surface area contributed by atoms with Gasteiger partial charge in [0.15, 0.2) is 10.8 Å². The van der Waals surface area contributed by atoms with Crippen molar-refractivity contribution in [2.24, 2.45) is 0 Å². The van der Waals surface area contributed by atoms with Crippen molar-refractivity contribution < 1.29 is 0 Å². The summed E-state index contributed by atoms with van der Waals surface area (Å²) in [4.78, 5) is 12.0. The van der Waals surface area contributed by atoms with E-state index in [0.717, 1.165) is 27.4 Å². The van der Waals surface area contributed by atoms with Crippen molar-refractivity contribution in [3.05, 3.63) is 36.5 Å². The highest BCUT2D eigenvalue weighted by Crippen LogP contribution is 2.23. The van der Waals surface area contributed by atoms with Gasteiger partial charge in [-0.05, 0) is 24.5 Å². The van der Waals surface area contributed by atoms with E-state index in [1.165, 1.54) is 0 Å². The monoisotopic (exact) mass is 282 g/mol. The van der Waals surface area contributed by atoms with E-state index in [9.17, 15) is 0 Å². The van der Waals surface area contributed by atoms with Crippen molar-refractivity contribution in [1.29, 1.82) is 0 Å². The van der Waals surface area contributed by atoms with Crippen LogP contribution in [0.25, 0.3) is 27.9 Å². The molecule has 0 fully saturated rings. The number of pyridine rings is 1. The van der Waals surface area contributed by atoms with Crippen molar-refractivity contribution in [3.8, 4) is 5.69 Å². The summed E-state index contributed by atoms with van der Waals surface area (Å²) in [6.45, 7) is 0. The van der Waals surface area contributed by atoms with E-state index in [-0.39, 0.29) is 0 Å². The fourth-order valence-corrected chi connectivity index (χ4v) is 2.58. The molecule has 4 aromatic rings. The molecule has 3 aromatic heterocycles. The van der Waals surface area contributed by atoms with Gasteiger partial charge < -0.3 is 4.98 Å². The number of aromatic nitrogens is 6. The minimum Gasteiger partial charge on any atom is -0.330 e. The lowest BCUT2D eigenvalue weighted by Gasteiger charge is -2.02. The first kappa shape index (κ1) is 11.4. The maximum absolute atomic E-state index is 4.42. The molecule has 0 radical (unpaired) electrons. The van der Waals surface area contributed by atoms with Crippen molar-refractivity contribution >= 4 is 34.0 Å². The number of benzene rings is 1. The summed E-state index contributed by atoms with van der Waals surface area (Å²) in [5, 5.41) is 9.25. The Morgan fingerprint density at radius 3 is 3.00 bits per heavy atom. The third kappa shape index (κ3) is 1.60. The lowest BCUT2D eigenvalue weighted by Crippen LogP contribution is -1.98. The molecule has 7 heteroatoms. The smallest absolute Gasteiger partial charge is 0.180 e. The van der Waals surface area contributed by atoms with E-state index in [1.54, 1.807) is 18.0 Å². The quantitative estimate of drug-likeness (QED) is 0.572. The van der Waals surface area contributed by atoms with Gasteiger partial charge in [-0.1, -0.05) is 29.1 Å². The van der Waals surface area contributed by atoms with Crippen LogP contribution in [-0.4, -0.2) is 36.2 Å². The SMILES string of the molecule is CSc1nc2nccc(-n3nnc4ccccc43)c2[nH]1. The number of fused-ring (bicyclic) bond motifs is 2. The van der Waals surface area contributed by atoms with Crippen LogP contribution in [0.2, 0.25) is 0 Å². The highest BCUT2D eigenvalue weighted by molar-refractivity contribution is 7.98. The Morgan fingerprint density at radius 2 is 2.10 bits per heavy atom. The number of hydrogen-bond acceptors (Lipinski definition) is 5. The summed E-state index contributed by atoms with van der Waals surface area (Å²) in [5.41, 5.74) is 4.28. The van der Waals surface area contributed by atoms with E-state index in [1.807, 2.05) is 41.3 Å². The van der Waals surface area contributed by atoms with Gasteiger partial charge in [0, 0.05) is 6.20 Å². The Hall–Kier alpha value is -2.41. The van der Waals surface area contributed by atoms with Gasteiger partial charge in [0.25, 0.3) is 0 Å². The Morgan fingerprint density at radius 1 is 1.20 bits per heavy atom. The molecule has 4 rings (SSSR count). The zero-order chi connectivity index (χ0) is 13.5. The standard InChI is InChI=1S/C13H10N6S/c1-20-13-15-11-10(6-7-14-12(11)16-13)19-9-5-3-2-4-8(9)17-18-19/h2-7H,1H3,(H,14,15,16). The molecule has 1 N–H and O–H groups in total. The molecule has 0 saturated carbocycles. The van der Waals surface area contributed by atoms with Crippen LogP contribution < -0.4 is 0 Å². The highest BCUT2D eigenvalue weighted by atomic mass is 32.2. The van der Waals surface area contributed by atoms with Gasteiger partial charge >= 0.3 is 0 Å². The summed E-state index contributed by atoms with van der Waals surface area (Å²) in [6, 6.07) is 9.77. The number of imidazole rings is 1. The number of hydrogen-bond donors (Lipinski definition) is 1. The molecular formula is C13H10N6S. The second-order valence-electron chi connectivity index (χ2n) is 4.26. The van der Waals surface area contributed by atoms with E-state index < -0.39 is 0 Å². The van der Waals surface area contributed by atoms with Crippen molar-refractivity contribution in [1.82, 2.24) is 29.9 Å². The molecule has 3 heterocycles. The molecule has 98 valence electrons. The second-order valence-corrected chi connectivity index (χ2v) is 5.06. The summed E-state index contributed by atoms with van der Waals surface area (Å²) >= 11 is 1.55. The molecule has 0 spiro atoms. The van der Waals surface area contributed by atoms with Crippen LogP contribution in [0, 0.1) is 0 Å². The van der Waals surface area contributed by atoms with Gasteiger partial charge in [-0.15, -0.1) is 5.10 Å². The van der Waals surface area contributed by atoms with Gasteiger partial charge in [-0.3, -0.25) is 0 Å². The third-order valence-electron chi connectivity index (χ3n) is 3.12. The van der Waals surface area contributed by atoms with E-state index in [4.69, 9.17) is 0 Å². The van der Waals surface area contributed by atoms with Gasteiger partial charge in [0.05, 0.1) is 11.2 Å². The topological polar surface area (TPSA) is 72.3 Å². The van der Waals surface area contributed by atoms with Crippen LogP contribution in [0.3, 0.4) is 0 Å². The number of rotatable bonds is 2. The Balaban J connectivity index is 2.04. The first-order valence-corrected chi connectivity index (χ1v) is 7.29. The van der Waals surface area contributed by atoms with E-state index in [0.29, 0.717) is 5.65 Å². The van der Waals surface area contributed by atoms with Gasteiger partial charge in [0.1, 0.15) is 11.0 Å². The number of aromatic amines is 1. The molecule has 0 unspecified atom stereocenters. The Kier molecular flexibility index (Phi) is 2.46. The summed E-state index contributed by atoms with van der Waals surface area (Å²) in [5.74, 6) is 0. The van der Waals surface area contributed by atoms with E-state index >= 15 is 0 Å². The number of para-hydroxylation sites is 1. The Labute approximate surface area is 118 Å². The summed E-state index contributed by atoms with van der Waals surface area (Å²) < 4.78 is 1.81. The average molecular weight is 282 g/mol. The molecule has 0 atom stereocenters. The first-order chi connectivity index (χ1) is 9.86. The minimum absolute atomic E-state index is 0.687.